The van der Waals surface area contributed by atoms with Gasteiger partial charge >= 0.3 is 0 Å². The molecule has 0 atom stereocenters. The van der Waals surface area contributed by atoms with E-state index in [-0.39, 0.29) is 29.4 Å². The molecule has 2 rings (SSSR count). The molecule has 1 aromatic heterocycles. The molecule has 0 radical (unpaired) electrons. The van der Waals surface area contributed by atoms with E-state index in [1.165, 1.54) is 25.7 Å². The highest BCUT2D eigenvalue weighted by atomic mass is 127. The van der Waals surface area contributed by atoms with Gasteiger partial charge in [0.05, 0.1) is 6.61 Å². The van der Waals surface area contributed by atoms with Crippen LogP contribution in [0.3, 0.4) is 0 Å². The lowest BCUT2D eigenvalue weighted by Crippen LogP contribution is -2.44. The number of hydrogen-bond donors (Lipinski definition) is 2. The highest BCUT2D eigenvalue weighted by Gasteiger charge is 2.31. The van der Waals surface area contributed by atoms with Gasteiger partial charge in [-0.1, -0.05) is 26.7 Å². The summed E-state index contributed by atoms with van der Waals surface area (Å²) in [6.07, 6.45) is 5.42. The zero-order chi connectivity index (χ0) is 18.3. The minimum atomic E-state index is 0. The number of halogens is 1. The molecule has 1 fully saturated rings. The summed E-state index contributed by atoms with van der Waals surface area (Å²) in [7, 11) is 3.67. The minimum Gasteiger partial charge on any atom is -0.383 e. The number of aromatic nitrogens is 3. The van der Waals surface area contributed by atoms with Gasteiger partial charge in [0.25, 0.3) is 0 Å². The van der Waals surface area contributed by atoms with Crippen LogP contribution in [-0.4, -0.2) is 47.5 Å². The lowest BCUT2D eigenvalue weighted by Gasteiger charge is -2.32. The van der Waals surface area contributed by atoms with Crippen LogP contribution in [0.4, 0.5) is 0 Å². The molecule has 7 nitrogen and oxygen atoms in total. The first-order valence-corrected chi connectivity index (χ1v) is 9.30. The van der Waals surface area contributed by atoms with Crippen molar-refractivity contribution in [2.24, 2.45) is 23.4 Å². The number of nitrogens with zero attached hydrogens (tertiary/aromatic N) is 4. The number of methoxy groups -OCH3 is 1. The van der Waals surface area contributed by atoms with E-state index in [2.05, 4.69) is 39.7 Å². The molecule has 0 aromatic carbocycles. The van der Waals surface area contributed by atoms with Crippen LogP contribution in [0.15, 0.2) is 4.99 Å². The highest BCUT2D eigenvalue weighted by Crippen LogP contribution is 2.38. The fraction of sp³-hybridized carbons (Fsp3) is 0.833. The van der Waals surface area contributed by atoms with Gasteiger partial charge in [0.1, 0.15) is 12.4 Å². The molecular weight excluding hydrogens is 443 g/mol. The molecule has 1 saturated carbocycles. The van der Waals surface area contributed by atoms with Crippen molar-refractivity contribution in [2.75, 3.05) is 26.8 Å². The summed E-state index contributed by atoms with van der Waals surface area (Å²) in [4.78, 5) is 4.69. The second kappa shape index (κ2) is 11.1. The molecule has 8 heteroatoms. The number of aliphatic imine (C=N–C) groups is 1. The quantitative estimate of drug-likeness (QED) is 0.260. The zero-order valence-electron chi connectivity index (χ0n) is 16.8. The van der Waals surface area contributed by atoms with Gasteiger partial charge in [0.15, 0.2) is 11.8 Å². The summed E-state index contributed by atoms with van der Waals surface area (Å²) in [6, 6.07) is 0. The van der Waals surface area contributed by atoms with Crippen LogP contribution in [-0.2, 0) is 18.3 Å². The SMILES string of the molecule is COCCNC(=NCc1nnc(C)n1C)NCC(C)(C)C1CCCC1.I. The van der Waals surface area contributed by atoms with Crippen molar-refractivity contribution in [2.45, 2.75) is 53.0 Å². The Morgan fingerprint density at radius 3 is 2.54 bits per heavy atom. The predicted molar refractivity (Wildman–Crippen MR) is 116 cm³/mol. The van der Waals surface area contributed by atoms with Gasteiger partial charge in [-0.25, -0.2) is 4.99 Å². The van der Waals surface area contributed by atoms with E-state index >= 15 is 0 Å². The molecule has 1 aliphatic carbocycles. The number of aryl methyl sites for hydroxylation is 1. The van der Waals surface area contributed by atoms with Crippen molar-refractivity contribution in [1.29, 1.82) is 0 Å². The van der Waals surface area contributed by atoms with Crippen LogP contribution in [0.2, 0.25) is 0 Å². The van der Waals surface area contributed by atoms with Crippen LogP contribution in [0.1, 0.15) is 51.2 Å². The highest BCUT2D eigenvalue weighted by molar-refractivity contribution is 14.0. The molecule has 1 heterocycles. The number of rotatable bonds is 8. The topological polar surface area (TPSA) is 76.4 Å². The van der Waals surface area contributed by atoms with Gasteiger partial charge in [-0.2, -0.15) is 0 Å². The summed E-state index contributed by atoms with van der Waals surface area (Å²) >= 11 is 0. The standard InChI is InChI=1S/C18H34N6O.HI/c1-14-22-23-16(24(14)4)12-20-17(19-10-11-25-5)21-13-18(2,3)15-8-6-7-9-15;/h15H,6-13H2,1-5H3,(H2,19,20,21);1H. The van der Waals surface area contributed by atoms with E-state index in [1.54, 1.807) is 7.11 Å². The van der Waals surface area contributed by atoms with Crippen LogP contribution in [0.25, 0.3) is 0 Å². The van der Waals surface area contributed by atoms with Gasteiger partial charge in [-0.3, -0.25) is 0 Å². The summed E-state index contributed by atoms with van der Waals surface area (Å²) in [5, 5.41) is 15.1. The molecule has 1 aromatic rings. The Morgan fingerprint density at radius 2 is 1.96 bits per heavy atom. The number of guanidine groups is 1. The van der Waals surface area contributed by atoms with Gasteiger partial charge < -0.3 is 19.9 Å². The van der Waals surface area contributed by atoms with Crippen molar-refractivity contribution in [3.63, 3.8) is 0 Å². The molecule has 26 heavy (non-hydrogen) atoms. The first-order chi connectivity index (χ1) is 11.9. The Hall–Kier alpha value is -0.900. The van der Waals surface area contributed by atoms with Crippen molar-refractivity contribution in [3.8, 4) is 0 Å². The lowest BCUT2D eigenvalue weighted by atomic mass is 9.78. The molecule has 1 aliphatic rings. The van der Waals surface area contributed by atoms with Crippen molar-refractivity contribution < 1.29 is 4.74 Å². The molecule has 0 saturated heterocycles. The Bertz CT molecular complexity index is 566. The Labute approximate surface area is 174 Å². The fourth-order valence-electron chi connectivity index (χ4n) is 3.35. The normalized spacial score (nSPS) is 15.8. The average molecular weight is 478 g/mol. The van der Waals surface area contributed by atoms with Crippen LogP contribution in [0, 0.1) is 18.3 Å². The maximum absolute atomic E-state index is 5.13. The minimum absolute atomic E-state index is 0. The second-order valence-corrected chi connectivity index (χ2v) is 7.63. The molecule has 0 bridgehead atoms. The molecule has 0 spiro atoms. The third kappa shape index (κ3) is 6.68. The fourth-order valence-corrected chi connectivity index (χ4v) is 3.35. The van der Waals surface area contributed by atoms with Gasteiger partial charge in [-0.15, -0.1) is 34.2 Å². The zero-order valence-corrected chi connectivity index (χ0v) is 19.2. The molecule has 0 amide bonds. The Morgan fingerprint density at radius 1 is 1.27 bits per heavy atom. The second-order valence-electron chi connectivity index (χ2n) is 7.63. The number of nitrogens with one attached hydrogen (secondary N) is 2. The van der Waals surface area contributed by atoms with E-state index in [9.17, 15) is 0 Å². The Balaban J connectivity index is 0.00000338. The molecule has 0 unspecified atom stereocenters. The monoisotopic (exact) mass is 478 g/mol. The van der Waals surface area contributed by atoms with Gasteiger partial charge in [0, 0.05) is 27.2 Å². The first kappa shape index (κ1) is 23.1. The summed E-state index contributed by atoms with van der Waals surface area (Å²) < 4.78 is 7.10. The smallest absolute Gasteiger partial charge is 0.191 e. The van der Waals surface area contributed by atoms with Crippen molar-refractivity contribution in [3.05, 3.63) is 11.6 Å². The van der Waals surface area contributed by atoms with E-state index in [0.29, 0.717) is 13.2 Å². The average Bonchev–Trinajstić information content (AvgIpc) is 3.23. The third-order valence-corrected chi connectivity index (χ3v) is 5.33. The number of hydrogen-bond acceptors (Lipinski definition) is 4. The van der Waals surface area contributed by atoms with Gasteiger partial charge in [-0.05, 0) is 31.1 Å². The van der Waals surface area contributed by atoms with E-state index in [0.717, 1.165) is 36.6 Å². The maximum Gasteiger partial charge on any atom is 0.191 e. The van der Waals surface area contributed by atoms with Crippen LogP contribution in [0.5, 0.6) is 0 Å². The largest absolute Gasteiger partial charge is 0.383 e. The van der Waals surface area contributed by atoms with Crippen LogP contribution < -0.4 is 10.6 Å². The molecule has 150 valence electrons. The molecular formula is C18H35IN6O. The number of ether oxygens (including phenoxy) is 1. The first-order valence-electron chi connectivity index (χ1n) is 9.30. The lowest BCUT2D eigenvalue weighted by molar-refractivity contribution is 0.202. The van der Waals surface area contributed by atoms with Crippen LogP contribution >= 0.6 is 24.0 Å². The van der Waals surface area contributed by atoms with Gasteiger partial charge in [0.2, 0.25) is 0 Å². The summed E-state index contributed by atoms with van der Waals surface area (Å²) in [5.41, 5.74) is 0.265. The summed E-state index contributed by atoms with van der Waals surface area (Å²) in [5.74, 6) is 3.36. The van der Waals surface area contributed by atoms with E-state index in [4.69, 9.17) is 4.74 Å². The molecule has 2 N–H and O–H groups in total. The Kier molecular flexibility index (Phi) is 9.84. The van der Waals surface area contributed by atoms with E-state index < -0.39 is 0 Å². The third-order valence-electron chi connectivity index (χ3n) is 5.33. The predicted octanol–water partition coefficient (Wildman–Crippen LogP) is 2.64. The van der Waals surface area contributed by atoms with E-state index in [1.807, 2.05) is 18.5 Å². The van der Waals surface area contributed by atoms with Crippen molar-refractivity contribution >= 4 is 29.9 Å². The molecule has 0 aliphatic heterocycles. The summed E-state index contributed by atoms with van der Waals surface area (Å²) in [6.45, 7) is 9.45. The maximum atomic E-state index is 5.13. The van der Waals surface area contributed by atoms with Crippen molar-refractivity contribution in [1.82, 2.24) is 25.4 Å².